The molecule has 0 saturated carbocycles. The molecule has 1 aliphatic rings. The molecule has 1 aliphatic heterocycles. The highest BCUT2D eigenvalue weighted by molar-refractivity contribution is 5.94. The molecule has 0 aliphatic carbocycles. The maximum absolute atomic E-state index is 12.0. The molecule has 1 aromatic rings. The van der Waals surface area contributed by atoms with Crippen molar-refractivity contribution in [2.75, 3.05) is 25.0 Å². The summed E-state index contributed by atoms with van der Waals surface area (Å²) in [7, 11) is 0. The molecule has 2 rings (SSSR count). The smallest absolute Gasteiger partial charge is 0.338 e. The molecule has 114 valence electrons. The fourth-order valence-corrected chi connectivity index (χ4v) is 2.50. The Hall–Kier alpha value is -1.88. The molecular formula is C16H22N2O3. The van der Waals surface area contributed by atoms with Crippen LogP contribution in [0.3, 0.4) is 0 Å². The zero-order valence-electron chi connectivity index (χ0n) is 12.4. The van der Waals surface area contributed by atoms with Crippen molar-refractivity contribution in [3.05, 3.63) is 29.8 Å². The molecule has 21 heavy (non-hydrogen) atoms. The number of rotatable bonds is 5. The molecule has 1 amide bonds. The second-order valence-electron chi connectivity index (χ2n) is 5.25. The normalized spacial score (nSPS) is 15.5. The van der Waals surface area contributed by atoms with Gasteiger partial charge in [-0.25, -0.2) is 4.79 Å². The Morgan fingerprint density at radius 3 is 2.81 bits per heavy atom. The van der Waals surface area contributed by atoms with Crippen LogP contribution < -0.4 is 10.6 Å². The number of carbonyl (C=O) groups excluding carboxylic acids is 2. The molecule has 0 atom stereocenters. The molecular weight excluding hydrogens is 268 g/mol. The van der Waals surface area contributed by atoms with Crippen molar-refractivity contribution in [3.63, 3.8) is 0 Å². The van der Waals surface area contributed by atoms with E-state index >= 15 is 0 Å². The third-order valence-corrected chi connectivity index (χ3v) is 3.59. The first kappa shape index (κ1) is 15.5. The minimum atomic E-state index is -0.369. The largest absolute Gasteiger partial charge is 0.462 e. The van der Waals surface area contributed by atoms with Gasteiger partial charge in [0.15, 0.2) is 0 Å². The molecule has 0 unspecified atom stereocenters. The topological polar surface area (TPSA) is 67.4 Å². The predicted octanol–water partition coefficient (Wildman–Crippen LogP) is 2.19. The second-order valence-corrected chi connectivity index (χ2v) is 5.25. The van der Waals surface area contributed by atoms with Crippen molar-refractivity contribution in [2.45, 2.75) is 26.2 Å². The number of benzene rings is 1. The number of piperidine rings is 1. The Kier molecular flexibility index (Phi) is 5.75. The number of hydrogen-bond acceptors (Lipinski definition) is 4. The average molecular weight is 290 g/mol. The van der Waals surface area contributed by atoms with Crippen LogP contribution in [0.5, 0.6) is 0 Å². The lowest BCUT2D eigenvalue weighted by molar-refractivity contribution is -0.117. The molecule has 1 aromatic carbocycles. The van der Waals surface area contributed by atoms with E-state index in [4.69, 9.17) is 4.74 Å². The number of anilines is 1. The van der Waals surface area contributed by atoms with E-state index < -0.39 is 0 Å². The van der Waals surface area contributed by atoms with E-state index in [0.29, 0.717) is 30.2 Å². The molecule has 0 aromatic heterocycles. The molecule has 2 N–H and O–H groups in total. The van der Waals surface area contributed by atoms with E-state index in [2.05, 4.69) is 10.6 Å². The van der Waals surface area contributed by atoms with Crippen molar-refractivity contribution < 1.29 is 14.3 Å². The van der Waals surface area contributed by atoms with Crippen LogP contribution in [0.25, 0.3) is 0 Å². The quantitative estimate of drug-likeness (QED) is 0.816. The molecule has 1 fully saturated rings. The molecule has 1 saturated heterocycles. The summed E-state index contributed by atoms with van der Waals surface area (Å²) in [5.41, 5.74) is 1.09. The van der Waals surface area contributed by atoms with Crippen LogP contribution in [0.15, 0.2) is 24.3 Å². The lowest BCUT2D eigenvalue weighted by atomic mass is 9.94. The number of hydrogen-bond donors (Lipinski definition) is 2. The summed E-state index contributed by atoms with van der Waals surface area (Å²) >= 11 is 0. The van der Waals surface area contributed by atoms with Gasteiger partial charge in [0, 0.05) is 12.1 Å². The summed E-state index contributed by atoms with van der Waals surface area (Å²) in [5, 5.41) is 6.15. The first-order chi connectivity index (χ1) is 10.2. The van der Waals surface area contributed by atoms with Crippen molar-refractivity contribution in [2.24, 2.45) is 5.92 Å². The predicted molar refractivity (Wildman–Crippen MR) is 81.2 cm³/mol. The van der Waals surface area contributed by atoms with Crippen molar-refractivity contribution >= 4 is 17.6 Å². The van der Waals surface area contributed by atoms with Gasteiger partial charge < -0.3 is 15.4 Å². The summed E-state index contributed by atoms with van der Waals surface area (Å²) in [6, 6.07) is 6.86. The SMILES string of the molecule is CCOC(=O)c1cccc(NC(=O)CC2CCNCC2)c1. The third kappa shape index (κ3) is 4.86. The second kappa shape index (κ2) is 7.78. The van der Waals surface area contributed by atoms with Crippen LogP contribution in [-0.2, 0) is 9.53 Å². The van der Waals surface area contributed by atoms with E-state index in [1.54, 1.807) is 31.2 Å². The summed E-state index contributed by atoms with van der Waals surface area (Å²) in [5.74, 6) is 0.0781. The molecule has 5 nitrogen and oxygen atoms in total. The minimum absolute atomic E-state index is 0.00269. The Labute approximate surface area is 125 Å². The number of ether oxygens (including phenoxy) is 1. The summed E-state index contributed by atoms with van der Waals surface area (Å²) in [4.78, 5) is 23.7. The number of esters is 1. The third-order valence-electron chi connectivity index (χ3n) is 3.59. The zero-order valence-corrected chi connectivity index (χ0v) is 12.4. The monoisotopic (exact) mass is 290 g/mol. The van der Waals surface area contributed by atoms with Crippen LogP contribution in [-0.4, -0.2) is 31.6 Å². The van der Waals surface area contributed by atoms with Gasteiger partial charge in [-0.05, 0) is 57.0 Å². The highest BCUT2D eigenvalue weighted by Crippen LogP contribution is 2.18. The Morgan fingerprint density at radius 2 is 2.10 bits per heavy atom. The highest BCUT2D eigenvalue weighted by atomic mass is 16.5. The first-order valence-electron chi connectivity index (χ1n) is 7.46. The van der Waals surface area contributed by atoms with Crippen LogP contribution in [0, 0.1) is 5.92 Å². The molecule has 0 radical (unpaired) electrons. The van der Waals surface area contributed by atoms with Gasteiger partial charge in [-0.2, -0.15) is 0 Å². The molecule has 5 heteroatoms. The average Bonchev–Trinajstić information content (AvgIpc) is 2.48. The fourth-order valence-electron chi connectivity index (χ4n) is 2.50. The van der Waals surface area contributed by atoms with Crippen molar-refractivity contribution in [1.29, 1.82) is 0 Å². The van der Waals surface area contributed by atoms with Crippen LogP contribution >= 0.6 is 0 Å². The van der Waals surface area contributed by atoms with Gasteiger partial charge in [-0.15, -0.1) is 0 Å². The maximum Gasteiger partial charge on any atom is 0.338 e. The number of carbonyl (C=O) groups is 2. The van der Waals surface area contributed by atoms with Crippen molar-refractivity contribution in [3.8, 4) is 0 Å². The maximum atomic E-state index is 12.0. The molecule has 1 heterocycles. The zero-order chi connectivity index (χ0) is 15.1. The Morgan fingerprint density at radius 1 is 1.33 bits per heavy atom. The van der Waals surface area contributed by atoms with Gasteiger partial charge in [-0.1, -0.05) is 6.07 Å². The van der Waals surface area contributed by atoms with Gasteiger partial charge in [0.05, 0.1) is 12.2 Å². The van der Waals surface area contributed by atoms with E-state index in [1.165, 1.54) is 0 Å². The standard InChI is InChI=1S/C16H22N2O3/c1-2-21-16(20)13-4-3-5-14(11-13)18-15(19)10-12-6-8-17-9-7-12/h3-5,11-12,17H,2,6-10H2,1H3,(H,18,19). The minimum Gasteiger partial charge on any atom is -0.462 e. The van der Waals surface area contributed by atoms with Gasteiger partial charge in [-0.3, -0.25) is 4.79 Å². The van der Waals surface area contributed by atoms with Gasteiger partial charge in [0.2, 0.25) is 5.91 Å². The first-order valence-corrected chi connectivity index (χ1v) is 7.46. The van der Waals surface area contributed by atoms with E-state index in [-0.39, 0.29) is 11.9 Å². The van der Waals surface area contributed by atoms with Crippen LogP contribution in [0.4, 0.5) is 5.69 Å². The van der Waals surface area contributed by atoms with E-state index in [0.717, 1.165) is 25.9 Å². The molecule has 0 spiro atoms. The number of nitrogens with one attached hydrogen (secondary N) is 2. The summed E-state index contributed by atoms with van der Waals surface area (Å²) in [6.07, 6.45) is 2.61. The van der Waals surface area contributed by atoms with Gasteiger partial charge >= 0.3 is 5.97 Å². The number of amides is 1. The van der Waals surface area contributed by atoms with Gasteiger partial charge in [0.25, 0.3) is 0 Å². The van der Waals surface area contributed by atoms with Crippen LogP contribution in [0.1, 0.15) is 36.5 Å². The van der Waals surface area contributed by atoms with E-state index in [1.807, 2.05) is 0 Å². The Balaban J connectivity index is 1.91. The van der Waals surface area contributed by atoms with Gasteiger partial charge in [0.1, 0.15) is 0 Å². The molecule has 0 bridgehead atoms. The highest BCUT2D eigenvalue weighted by Gasteiger charge is 2.17. The van der Waals surface area contributed by atoms with E-state index in [9.17, 15) is 9.59 Å². The van der Waals surface area contributed by atoms with Crippen molar-refractivity contribution in [1.82, 2.24) is 5.32 Å². The summed E-state index contributed by atoms with van der Waals surface area (Å²) in [6.45, 7) is 4.07. The lowest BCUT2D eigenvalue weighted by Crippen LogP contribution is -2.30. The lowest BCUT2D eigenvalue weighted by Gasteiger charge is -2.21. The Bertz CT molecular complexity index is 496. The fraction of sp³-hybridized carbons (Fsp3) is 0.500. The van der Waals surface area contributed by atoms with Crippen LogP contribution in [0.2, 0.25) is 0 Å². The summed E-state index contributed by atoms with van der Waals surface area (Å²) < 4.78 is 4.95.